The van der Waals surface area contributed by atoms with Gasteiger partial charge in [0.1, 0.15) is 0 Å². The molecule has 96 valence electrons. The molecule has 0 saturated heterocycles. The van der Waals surface area contributed by atoms with Crippen LogP contribution in [0.1, 0.15) is 11.3 Å². The lowest BCUT2D eigenvalue weighted by Gasteiger charge is -2.03. The second-order valence-electron chi connectivity index (χ2n) is 4.05. The molecule has 19 heavy (non-hydrogen) atoms. The maximum atomic E-state index is 5.86. The summed E-state index contributed by atoms with van der Waals surface area (Å²) in [5.74, 6) is 0.375. The van der Waals surface area contributed by atoms with Crippen molar-refractivity contribution in [1.82, 2.24) is 25.2 Å². The summed E-state index contributed by atoms with van der Waals surface area (Å²) in [4.78, 5) is 0. The van der Waals surface area contributed by atoms with E-state index in [0.29, 0.717) is 23.2 Å². The van der Waals surface area contributed by atoms with Crippen molar-refractivity contribution in [3.05, 3.63) is 46.9 Å². The van der Waals surface area contributed by atoms with E-state index in [4.69, 9.17) is 16.0 Å². The normalized spacial score (nSPS) is 10.8. The summed E-state index contributed by atoms with van der Waals surface area (Å²) in [6.07, 6.45) is 1.27. The molecule has 0 unspecified atom stereocenters. The molecule has 7 heteroatoms. The molecule has 1 aromatic carbocycles. The van der Waals surface area contributed by atoms with E-state index in [1.54, 1.807) is 4.68 Å². The van der Waals surface area contributed by atoms with E-state index < -0.39 is 0 Å². The van der Waals surface area contributed by atoms with Crippen LogP contribution in [0.15, 0.2) is 35.1 Å². The van der Waals surface area contributed by atoms with Crippen LogP contribution in [0.25, 0.3) is 11.6 Å². The summed E-state index contributed by atoms with van der Waals surface area (Å²) < 4.78 is 6.90. The molecular formula is C12H10ClN5O. The smallest absolute Gasteiger partial charge is 0.269 e. The van der Waals surface area contributed by atoms with Crippen molar-refractivity contribution in [3.63, 3.8) is 0 Å². The molecular weight excluding hydrogens is 266 g/mol. The Morgan fingerprint density at radius 2 is 2.00 bits per heavy atom. The minimum absolute atomic E-state index is 0.375. The van der Waals surface area contributed by atoms with Crippen LogP contribution in [0.3, 0.4) is 0 Å². The summed E-state index contributed by atoms with van der Waals surface area (Å²) in [5, 5.41) is 16.3. The molecule has 0 aliphatic heterocycles. The minimum atomic E-state index is 0.375. The Kier molecular flexibility index (Phi) is 3.00. The van der Waals surface area contributed by atoms with E-state index in [0.717, 1.165) is 11.3 Å². The number of hydrogen-bond donors (Lipinski definition) is 0. The van der Waals surface area contributed by atoms with Gasteiger partial charge in [0.2, 0.25) is 6.39 Å². The lowest BCUT2D eigenvalue weighted by Crippen LogP contribution is -2.03. The van der Waals surface area contributed by atoms with Crippen LogP contribution in [-0.2, 0) is 6.54 Å². The van der Waals surface area contributed by atoms with Crippen molar-refractivity contribution >= 4 is 11.6 Å². The number of rotatable bonds is 3. The third kappa shape index (κ3) is 2.34. The maximum Gasteiger partial charge on any atom is 0.269 e. The van der Waals surface area contributed by atoms with Gasteiger partial charge in [-0.25, -0.2) is 4.68 Å². The highest BCUT2D eigenvalue weighted by atomic mass is 35.5. The van der Waals surface area contributed by atoms with Crippen LogP contribution in [0.5, 0.6) is 0 Å². The SMILES string of the molecule is Cc1c(-c2nnco2)nnn1Cc1ccc(Cl)cc1. The second kappa shape index (κ2) is 4.81. The number of nitrogens with zero attached hydrogens (tertiary/aromatic N) is 5. The van der Waals surface area contributed by atoms with Crippen molar-refractivity contribution in [1.29, 1.82) is 0 Å². The van der Waals surface area contributed by atoms with Crippen LogP contribution in [0.4, 0.5) is 0 Å². The molecule has 0 spiro atoms. The summed E-state index contributed by atoms with van der Waals surface area (Å²) in [6.45, 7) is 2.53. The first-order valence-electron chi connectivity index (χ1n) is 5.65. The zero-order valence-electron chi connectivity index (χ0n) is 10.1. The molecule has 0 amide bonds. The Bertz CT molecular complexity index is 675. The monoisotopic (exact) mass is 275 g/mol. The number of aromatic nitrogens is 5. The Hall–Kier alpha value is -2.21. The van der Waals surface area contributed by atoms with Gasteiger partial charge in [0.25, 0.3) is 5.89 Å². The van der Waals surface area contributed by atoms with Crippen molar-refractivity contribution in [2.45, 2.75) is 13.5 Å². The third-order valence-corrected chi connectivity index (χ3v) is 3.04. The van der Waals surface area contributed by atoms with Gasteiger partial charge in [-0.3, -0.25) is 0 Å². The fourth-order valence-electron chi connectivity index (χ4n) is 1.75. The van der Waals surface area contributed by atoms with Crippen molar-refractivity contribution in [2.24, 2.45) is 0 Å². The van der Waals surface area contributed by atoms with Gasteiger partial charge < -0.3 is 4.42 Å². The average molecular weight is 276 g/mol. The van der Waals surface area contributed by atoms with E-state index in [9.17, 15) is 0 Å². The summed E-state index contributed by atoms with van der Waals surface area (Å²) in [5.41, 5.74) is 2.57. The number of benzene rings is 1. The van der Waals surface area contributed by atoms with Crippen LogP contribution >= 0.6 is 11.6 Å². The molecule has 0 N–H and O–H groups in total. The van der Waals surface area contributed by atoms with Crippen LogP contribution in [0.2, 0.25) is 5.02 Å². The van der Waals surface area contributed by atoms with Gasteiger partial charge in [-0.05, 0) is 24.6 Å². The van der Waals surface area contributed by atoms with E-state index in [-0.39, 0.29) is 0 Å². The van der Waals surface area contributed by atoms with Gasteiger partial charge in [0.05, 0.1) is 12.2 Å². The zero-order valence-corrected chi connectivity index (χ0v) is 10.9. The lowest BCUT2D eigenvalue weighted by molar-refractivity contribution is 0.566. The largest absolute Gasteiger partial charge is 0.422 e. The van der Waals surface area contributed by atoms with Crippen molar-refractivity contribution in [3.8, 4) is 11.6 Å². The van der Waals surface area contributed by atoms with Gasteiger partial charge in [0.15, 0.2) is 5.69 Å². The lowest BCUT2D eigenvalue weighted by atomic mass is 10.2. The van der Waals surface area contributed by atoms with Crippen molar-refractivity contribution in [2.75, 3.05) is 0 Å². The van der Waals surface area contributed by atoms with Gasteiger partial charge in [-0.1, -0.05) is 28.9 Å². The zero-order chi connectivity index (χ0) is 13.2. The van der Waals surface area contributed by atoms with Gasteiger partial charge >= 0.3 is 0 Å². The van der Waals surface area contributed by atoms with E-state index in [1.165, 1.54) is 6.39 Å². The van der Waals surface area contributed by atoms with Crippen LogP contribution < -0.4 is 0 Å². The molecule has 6 nitrogen and oxygen atoms in total. The van der Waals surface area contributed by atoms with E-state index in [2.05, 4.69) is 20.5 Å². The molecule has 0 fully saturated rings. The molecule has 0 saturated carbocycles. The van der Waals surface area contributed by atoms with Crippen LogP contribution in [0, 0.1) is 6.92 Å². The van der Waals surface area contributed by atoms with E-state index in [1.807, 2.05) is 31.2 Å². The van der Waals surface area contributed by atoms with Gasteiger partial charge in [-0.15, -0.1) is 15.3 Å². The maximum absolute atomic E-state index is 5.86. The number of hydrogen-bond acceptors (Lipinski definition) is 5. The van der Waals surface area contributed by atoms with E-state index >= 15 is 0 Å². The standard InChI is InChI=1S/C12H10ClN5O/c1-8-11(12-16-14-7-19-12)15-17-18(8)6-9-2-4-10(13)5-3-9/h2-5,7H,6H2,1H3. The Morgan fingerprint density at radius 3 is 2.68 bits per heavy atom. The molecule has 3 rings (SSSR count). The third-order valence-electron chi connectivity index (χ3n) is 2.79. The molecule has 0 radical (unpaired) electrons. The highest BCUT2D eigenvalue weighted by Gasteiger charge is 2.15. The molecule has 2 heterocycles. The summed E-state index contributed by atoms with van der Waals surface area (Å²) in [7, 11) is 0. The summed E-state index contributed by atoms with van der Waals surface area (Å²) in [6, 6.07) is 7.61. The minimum Gasteiger partial charge on any atom is -0.422 e. The topological polar surface area (TPSA) is 69.6 Å². The Morgan fingerprint density at radius 1 is 1.21 bits per heavy atom. The molecule has 3 aromatic rings. The molecule has 2 aromatic heterocycles. The molecule has 0 bridgehead atoms. The average Bonchev–Trinajstić information content (AvgIpc) is 3.03. The number of halogens is 1. The first-order valence-corrected chi connectivity index (χ1v) is 6.03. The second-order valence-corrected chi connectivity index (χ2v) is 4.49. The van der Waals surface area contributed by atoms with Crippen molar-refractivity contribution < 1.29 is 4.42 Å². The predicted molar refractivity (Wildman–Crippen MR) is 68.6 cm³/mol. The molecule has 0 aliphatic rings. The van der Waals surface area contributed by atoms with Crippen LogP contribution in [-0.4, -0.2) is 25.2 Å². The Balaban J connectivity index is 1.88. The Labute approximate surface area is 114 Å². The predicted octanol–water partition coefficient (Wildman–Crippen LogP) is 2.34. The fourth-order valence-corrected chi connectivity index (χ4v) is 1.87. The first kappa shape index (κ1) is 11.9. The highest BCUT2D eigenvalue weighted by Crippen LogP contribution is 2.18. The fraction of sp³-hybridized carbons (Fsp3) is 0.167. The quantitative estimate of drug-likeness (QED) is 0.734. The summed E-state index contributed by atoms with van der Waals surface area (Å²) >= 11 is 5.86. The molecule has 0 atom stereocenters. The van der Waals surface area contributed by atoms with Gasteiger partial charge in [0, 0.05) is 5.02 Å². The van der Waals surface area contributed by atoms with Gasteiger partial charge in [-0.2, -0.15) is 0 Å². The molecule has 0 aliphatic carbocycles. The highest BCUT2D eigenvalue weighted by molar-refractivity contribution is 6.30. The first-order chi connectivity index (χ1) is 9.24.